The molecule has 0 heterocycles. The van der Waals surface area contributed by atoms with Gasteiger partial charge in [-0.15, -0.1) is 0 Å². The van der Waals surface area contributed by atoms with Crippen LogP contribution in [0.2, 0.25) is 0 Å². The molecule has 1 aliphatic rings. The molecule has 0 unspecified atom stereocenters. The Morgan fingerprint density at radius 2 is 1.71 bits per heavy atom. The fourth-order valence-electron chi connectivity index (χ4n) is 2.54. The van der Waals surface area contributed by atoms with Crippen LogP contribution in [-0.4, -0.2) is 31.9 Å². The number of nitrogens with one attached hydrogen (secondary N) is 2. The van der Waals surface area contributed by atoms with Gasteiger partial charge in [0.2, 0.25) is 0 Å². The quantitative estimate of drug-likeness (QED) is 0.710. The van der Waals surface area contributed by atoms with Crippen molar-refractivity contribution in [2.75, 3.05) is 20.1 Å². The second kappa shape index (κ2) is 6.59. The van der Waals surface area contributed by atoms with Crippen LogP contribution in [0.25, 0.3) is 0 Å². The molecular weight excluding hydrogens is 229 g/mol. The molecule has 0 atom stereocenters. The molecule has 0 spiro atoms. The largest absolute Gasteiger partial charge is 0.390 e. The standard InChI is InChI=1S/C12H23F3N2/c1-16-11(5-3-2-4-6-11)7-9-17-10-8-12(13,14)15/h16-17H,2-10H2,1H3. The van der Waals surface area contributed by atoms with Gasteiger partial charge in [0.15, 0.2) is 0 Å². The Bertz CT molecular complexity index is 210. The van der Waals surface area contributed by atoms with E-state index in [0.29, 0.717) is 6.54 Å². The summed E-state index contributed by atoms with van der Waals surface area (Å²) in [4.78, 5) is 0. The topological polar surface area (TPSA) is 24.1 Å². The lowest BCUT2D eigenvalue weighted by molar-refractivity contribution is -0.133. The minimum Gasteiger partial charge on any atom is -0.316 e. The van der Waals surface area contributed by atoms with E-state index in [0.717, 1.165) is 19.3 Å². The lowest BCUT2D eigenvalue weighted by atomic mass is 9.79. The van der Waals surface area contributed by atoms with Crippen molar-refractivity contribution < 1.29 is 13.2 Å². The van der Waals surface area contributed by atoms with E-state index in [1.807, 2.05) is 7.05 Å². The Kier molecular flexibility index (Phi) is 5.73. The van der Waals surface area contributed by atoms with Gasteiger partial charge in [0, 0.05) is 12.1 Å². The summed E-state index contributed by atoms with van der Waals surface area (Å²) in [6.07, 6.45) is 2.16. The van der Waals surface area contributed by atoms with Gasteiger partial charge in [0.1, 0.15) is 0 Å². The molecule has 5 heteroatoms. The normalized spacial score (nSPS) is 20.5. The molecule has 0 aromatic heterocycles. The Balaban J connectivity index is 2.15. The van der Waals surface area contributed by atoms with Crippen LogP contribution in [0.3, 0.4) is 0 Å². The average Bonchev–Trinajstić information content (AvgIpc) is 2.28. The van der Waals surface area contributed by atoms with Crippen molar-refractivity contribution in [3.8, 4) is 0 Å². The lowest BCUT2D eigenvalue weighted by Gasteiger charge is -2.37. The first kappa shape index (κ1) is 14.8. The van der Waals surface area contributed by atoms with E-state index in [2.05, 4.69) is 10.6 Å². The molecule has 0 saturated heterocycles. The SMILES string of the molecule is CNC1(CCNCCC(F)(F)F)CCCCC1. The zero-order chi connectivity index (χ0) is 12.8. The van der Waals surface area contributed by atoms with E-state index in [4.69, 9.17) is 0 Å². The highest BCUT2D eigenvalue weighted by molar-refractivity contribution is 4.89. The highest BCUT2D eigenvalue weighted by Gasteiger charge is 2.30. The zero-order valence-electron chi connectivity index (χ0n) is 10.5. The maximum atomic E-state index is 11.9. The minimum atomic E-state index is -4.04. The Hall–Kier alpha value is -0.290. The second-order valence-corrected chi connectivity index (χ2v) is 4.96. The molecule has 0 aromatic rings. The second-order valence-electron chi connectivity index (χ2n) is 4.96. The summed E-state index contributed by atoms with van der Waals surface area (Å²) >= 11 is 0. The van der Waals surface area contributed by atoms with E-state index in [-0.39, 0.29) is 12.1 Å². The van der Waals surface area contributed by atoms with Gasteiger partial charge in [0.25, 0.3) is 0 Å². The van der Waals surface area contributed by atoms with Crippen LogP contribution >= 0.6 is 0 Å². The molecule has 0 aromatic carbocycles. The molecule has 1 rings (SSSR count). The molecule has 1 fully saturated rings. The smallest absolute Gasteiger partial charge is 0.316 e. The number of halogens is 3. The first-order chi connectivity index (χ1) is 7.97. The van der Waals surface area contributed by atoms with Gasteiger partial charge >= 0.3 is 6.18 Å². The first-order valence-electron chi connectivity index (χ1n) is 6.44. The summed E-state index contributed by atoms with van der Waals surface area (Å²) in [7, 11) is 1.96. The molecular formula is C12H23F3N2. The predicted molar refractivity (Wildman–Crippen MR) is 63.0 cm³/mol. The minimum absolute atomic E-state index is 0.0310. The number of hydrogen-bond acceptors (Lipinski definition) is 2. The maximum absolute atomic E-state index is 11.9. The van der Waals surface area contributed by atoms with Crippen LogP contribution < -0.4 is 10.6 Å². The summed E-state index contributed by atoms with van der Waals surface area (Å²) in [6, 6.07) is 0. The summed E-state index contributed by atoms with van der Waals surface area (Å²) in [5.74, 6) is 0. The van der Waals surface area contributed by atoms with E-state index >= 15 is 0 Å². The van der Waals surface area contributed by atoms with Gasteiger partial charge in [-0.2, -0.15) is 13.2 Å². The molecule has 102 valence electrons. The fourth-order valence-corrected chi connectivity index (χ4v) is 2.54. The van der Waals surface area contributed by atoms with Crippen LogP contribution in [0.15, 0.2) is 0 Å². The van der Waals surface area contributed by atoms with Gasteiger partial charge in [-0.05, 0) is 32.9 Å². The molecule has 1 saturated carbocycles. The molecule has 0 radical (unpaired) electrons. The summed E-state index contributed by atoms with van der Waals surface area (Å²) in [5, 5.41) is 6.25. The highest BCUT2D eigenvalue weighted by Crippen LogP contribution is 2.30. The first-order valence-corrected chi connectivity index (χ1v) is 6.44. The molecule has 17 heavy (non-hydrogen) atoms. The van der Waals surface area contributed by atoms with Crippen molar-refractivity contribution >= 4 is 0 Å². The van der Waals surface area contributed by atoms with Crippen LogP contribution in [-0.2, 0) is 0 Å². The van der Waals surface area contributed by atoms with Crippen LogP contribution in [0.1, 0.15) is 44.9 Å². The highest BCUT2D eigenvalue weighted by atomic mass is 19.4. The maximum Gasteiger partial charge on any atom is 0.390 e. The molecule has 1 aliphatic carbocycles. The van der Waals surface area contributed by atoms with Crippen LogP contribution in [0, 0.1) is 0 Å². The van der Waals surface area contributed by atoms with E-state index in [9.17, 15) is 13.2 Å². The molecule has 2 N–H and O–H groups in total. The van der Waals surface area contributed by atoms with Gasteiger partial charge in [0.05, 0.1) is 6.42 Å². The molecule has 0 aliphatic heterocycles. The molecule has 0 amide bonds. The third-order valence-electron chi connectivity index (χ3n) is 3.71. The number of rotatable bonds is 6. The number of hydrogen-bond donors (Lipinski definition) is 2. The van der Waals surface area contributed by atoms with E-state index in [1.54, 1.807) is 0 Å². The average molecular weight is 252 g/mol. The van der Waals surface area contributed by atoms with Crippen molar-refractivity contribution in [3.05, 3.63) is 0 Å². The van der Waals surface area contributed by atoms with Crippen molar-refractivity contribution in [3.63, 3.8) is 0 Å². The Morgan fingerprint density at radius 3 is 2.24 bits per heavy atom. The molecule has 2 nitrogen and oxygen atoms in total. The monoisotopic (exact) mass is 252 g/mol. The van der Waals surface area contributed by atoms with Crippen LogP contribution in [0.4, 0.5) is 13.2 Å². The Labute approximate surface area is 101 Å². The predicted octanol–water partition coefficient (Wildman–Crippen LogP) is 2.84. The molecule has 0 bridgehead atoms. The number of alkyl halides is 3. The van der Waals surface area contributed by atoms with E-state index in [1.165, 1.54) is 19.3 Å². The Morgan fingerprint density at radius 1 is 1.06 bits per heavy atom. The van der Waals surface area contributed by atoms with Crippen molar-refractivity contribution in [1.82, 2.24) is 10.6 Å². The van der Waals surface area contributed by atoms with Gasteiger partial charge in [-0.3, -0.25) is 0 Å². The third-order valence-corrected chi connectivity index (χ3v) is 3.71. The van der Waals surface area contributed by atoms with Gasteiger partial charge in [-0.25, -0.2) is 0 Å². The van der Waals surface area contributed by atoms with Gasteiger partial charge < -0.3 is 10.6 Å². The third kappa shape index (κ3) is 5.73. The van der Waals surface area contributed by atoms with Gasteiger partial charge in [-0.1, -0.05) is 19.3 Å². The fraction of sp³-hybridized carbons (Fsp3) is 1.00. The van der Waals surface area contributed by atoms with Crippen molar-refractivity contribution in [2.24, 2.45) is 0 Å². The van der Waals surface area contributed by atoms with Crippen LogP contribution in [0.5, 0.6) is 0 Å². The summed E-state index contributed by atoms with van der Waals surface area (Å²) in [6.45, 7) is 0.695. The van der Waals surface area contributed by atoms with Crippen molar-refractivity contribution in [2.45, 2.75) is 56.7 Å². The summed E-state index contributed by atoms with van der Waals surface area (Å²) in [5.41, 5.74) is 0.156. The summed E-state index contributed by atoms with van der Waals surface area (Å²) < 4.78 is 35.8. The van der Waals surface area contributed by atoms with E-state index < -0.39 is 12.6 Å². The lowest BCUT2D eigenvalue weighted by Crippen LogP contribution is -2.46. The zero-order valence-corrected chi connectivity index (χ0v) is 10.5. The van der Waals surface area contributed by atoms with Crippen molar-refractivity contribution in [1.29, 1.82) is 0 Å².